The van der Waals surface area contributed by atoms with Gasteiger partial charge >= 0.3 is 0 Å². The van der Waals surface area contributed by atoms with Crippen LogP contribution in [0.2, 0.25) is 19.6 Å². The zero-order valence-corrected chi connectivity index (χ0v) is 27.8. The Bertz CT molecular complexity index is 1760. The molecule has 0 aliphatic carbocycles. The Labute approximate surface area is 257 Å². The fourth-order valence-electron chi connectivity index (χ4n) is 4.92. The zero-order valence-electron chi connectivity index (χ0n) is 24.5. The standard InChI is InChI=1S/C18H24NSi.C17H11N2O.Ir/c1-14(2)11-16-12-17(15-9-7-6-8-10-15)19-13-18(16)20(3,4)5;1-11-7-9-18-15(10-11)14-5-2-4-12-13-6-3-8-19-17(13)20-16(12)14;/h6-9,12-14H,11H2,1-5H3;2-4,6-10H,1H3;/q2*-1;. The first-order valence-electron chi connectivity index (χ1n) is 13.8. The van der Waals surface area contributed by atoms with Gasteiger partial charge in [0.1, 0.15) is 0 Å². The van der Waals surface area contributed by atoms with E-state index in [1.807, 2.05) is 61.5 Å². The Kier molecular flexibility index (Phi) is 9.70. The largest absolute Gasteiger partial charge is 0.486 e. The second-order valence-corrected chi connectivity index (χ2v) is 16.7. The van der Waals surface area contributed by atoms with Gasteiger partial charge in [0.2, 0.25) is 5.71 Å². The number of aromatic nitrogens is 3. The SMILES string of the molecule is CC(C)Cc1cc(-c2[c-]cccc2)ncc1[Si](C)(C)C.Cc1ccnc(-c2[c-]ccc3c2oc2ncccc23)c1.[Ir]. The van der Waals surface area contributed by atoms with Crippen molar-refractivity contribution in [1.29, 1.82) is 0 Å². The van der Waals surface area contributed by atoms with E-state index >= 15 is 0 Å². The third-order valence-electron chi connectivity index (χ3n) is 6.79. The van der Waals surface area contributed by atoms with Gasteiger partial charge in [-0.15, -0.1) is 54.1 Å². The Morgan fingerprint density at radius 2 is 1.66 bits per heavy atom. The molecule has 6 rings (SSSR count). The van der Waals surface area contributed by atoms with Crippen molar-refractivity contribution in [2.75, 3.05) is 0 Å². The average Bonchev–Trinajstić information content (AvgIpc) is 3.32. The number of pyridine rings is 3. The van der Waals surface area contributed by atoms with Gasteiger partial charge in [-0.05, 0) is 54.0 Å². The number of aryl methyl sites for hydroxylation is 1. The molecule has 0 bridgehead atoms. The van der Waals surface area contributed by atoms with Gasteiger partial charge in [-0.3, -0.25) is 0 Å². The van der Waals surface area contributed by atoms with Crippen LogP contribution in [0.3, 0.4) is 0 Å². The summed E-state index contributed by atoms with van der Waals surface area (Å²) >= 11 is 0. The molecule has 0 atom stereocenters. The van der Waals surface area contributed by atoms with Gasteiger partial charge in [0, 0.05) is 44.1 Å². The molecular formula is C35H35IrN3OSi-2. The average molecular weight is 734 g/mol. The van der Waals surface area contributed by atoms with Crippen LogP contribution in [0, 0.1) is 25.0 Å². The van der Waals surface area contributed by atoms with Crippen LogP contribution in [0.4, 0.5) is 0 Å². The molecule has 0 fully saturated rings. The number of hydrogen-bond acceptors (Lipinski definition) is 4. The van der Waals surface area contributed by atoms with Crippen molar-refractivity contribution < 1.29 is 24.5 Å². The van der Waals surface area contributed by atoms with Gasteiger partial charge in [-0.1, -0.05) is 67.7 Å². The molecule has 0 aliphatic rings. The smallest absolute Gasteiger partial charge is 0.216 e. The molecule has 1 radical (unpaired) electrons. The predicted octanol–water partition coefficient (Wildman–Crippen LogP) is 8.44. The maximum atomic E-state index is 5.90. The quantitative estimate of drug-likeness (QED) is 0.132. The molecule has 0 saturated heterocycles. The number of hydrogen-bond donors (Lipinski definition) is 0. The molecule has 0 unspecified atom stereocenters. The molecule has 6 heteroatoms. The maximum absolute atomic E-state index is 5.90. The van der Waals surface area contributed by atoms with Crippen LogP contribution in [-0.4, -0.2) is 23.0 Å². The van der Waals surface area contributed by atoms with Crippen molar-refractivity contribution in [3.63, 3.8) is 0 Å². The third kappa shape index (κ3) is 7.07. The Morgan fingerprint density at radius 1 is 0.829 bits per heavy atom. The summed E-state index contributed by atoms with van der Waals surface area (Å²) in [6.45, 7) is 13.8. The second-order valence-electron chi connectivity index (χ2n) is 11.6. The van der Waals surface area contributed by atoms with E-state index in [1.165, 1.54) is 10.8 Å². The van der Waals surface area contributed by atoms with E-state index in [0.29, 0.717) is 11.6 Å². The summed E-state index contributed by atoms with van der Waals surface area (Å²) in [5.41, 5.74) is 7.95. The van der Waals surface area contributed by atoms with Crippen molar-refractivity contribution in [2.24, 2.45) is 5.92 Å². The summed E-state index contributed by atoms with van der Waals surface area (Å²) in [6.07, 6.45) is 6.78. The van der Waals surface area contributed by atoms with Crippen molar-refractivity contribution in [2.45, 2.75) is 46.8 Å². The second kappa shape index (κ2) is 13.0. The van der Waals surface area contributed by atoms with Crippen LogP contribution in [0.15, 0.2) is 89.7 Å². The minimum atomic E-state index is -1.34. The minimum absolute atomic E-state index is 0. The van der Waals surface area contributed by atoms with Crippen molar-refractivity contribution >= 4 is 35.3 Å². The van der Waals surface area contributed by atoms with Gasteiger partial charge in [0.15, 0.2) is 0 Å². The van der Waals surface area contributed by atoms with Crippen LogP contribution >= 0.6 is 0 Å². The Morgan fingerprint density at radius 3 is 2.37 bits per heavy atom. The summed E-state index contributed by atoms with van der Waals surface area (Å²) in [4.78, 5) is 13.4. The number of fused-ring (bicyclic) bond motifs is 3. The normalized spacial score (nSPS) is 11.3. The molecule has 0 amide bonds. The van der Waals surface area contributed by atoms with Crippen molar-refractivity contribution in [3.8, 4) is 22.5 Å². The molecular weight excluding hydrogens is 699 g/mol. The van der Waals surface area contributed by atoms with Gasteiger partial charge in [-0.25, -0.2) is 4.98 Å². The molecule has 6 aromatic rings. The monoisotopic (exact) mass is 734 g/mol. The molecule has 211 valence electrons. The number of furan rings is 1. The fraction of sp³-hybridized carbons (Fsp3) is 0.229. The zero-order chi connectivity index (χ0) is 28.3. The summed E-state index contributed by atoms with van der Waals surface area (Å²) in [5, 5.41) is 3.56. The number of rotatable bonds is 5. The molecule has 0 spiro atoms. The minimum Gasteiger partial charge on any atom is -0.486 e. The predicted molar refractivity (Wildman–Crippen MR) is 168 cm³/mol. The van der Waals surface area contributed by atoms with Gasteiger partial charge in [0.05, 0.1) is 13.7 Å². The summed E-state index contributed by atoms with van der Waals surface area (Å²) in [6, 6.07) is 28.7. The number of benzene rings is 2. The van der Waals surface area contributed by atoms with E-state index in [2.05, 4.69) is 78.9 Å². The van der Waals surface area contributed by atoms with E-state index < -0.39 is 8.07 Å². The molecule has 0 N–H and O–H groups in total. The van der Waals surface area contributed by atoms with Crippen molar-refractivity contribution in [3.05, 3.63) is 109 Å². The molecule has 41 heavy (non-hydrogen) atoms. The van der Waals surface area contributed by atoms with Crippen LogP contribution in [0.5, 0.6) is 0 Å². The molecule has 2 aromatic carbocycles. The van der Waals surface area contributed by atoms with Gasteiger partial charge in [-0.2, -0.15) is 0 Å². The first kappa shape index (κ1) is 30.5. The van der Waals surface area contributed by atoms with Crippen LogP contribution in [0.1, 0.15) is 25.0 Å². The molecule has 0 saturated carbocycles. The van der Waals surface area contributed by atoms with Gasteiger partial charge < -0.3 is 14.4 Å². The van der Waals surface area contributed by atoms with Crippen LogP contribution in [0.25, 0.3) is 44.6 Å². The van der Waals surface area contributed by atoms with E-state index in [-0.39, 0.29) is 20.1 Å². The molecule has 0 aliphatic heterocycles. The molecule has 4 heterocycles. The topological polar surface area (TPSA) is 51.8 Å². The van der Waals surface area contributed by atoms with Crippen LogP contribution in [-0.2, 0) is 26.5 Å². The van der Waals surface area contributed by atoms with E-state index in [0.717, 1.165) is 50.9 Å². The first-order valence-corrected chi connectivity index (χ1v) is 17.3. The molecule has 4 nitrogen and oxygen atoms in total. The summed E-state index contributed by atoms with van der Waals surface area (Å²) in [5.74, 6) is 0.667. The Hall–Kier alpha value is -3.44. The van der Waals surface area contributed by atoms with E-state index in [4.69, 9.17) is 4.42 Å². The summed E-state index contributed by atoms with van der Waals surface area (Å²) in [7, 11) is -1.34. The number of nitrogens with zero attached hydrogens (tertiary/aromatic N) is 3. The van der Waals surface area contributed by atoms with E-state index in [1.54, 1.807) is 12.4 Å². The van der Waals surface area contributed by atoms with Crippen molar-refractivity contribution in [1.82, 2.24) is 15.0 Å². The first-order chi connectivity index (χ1) is 19.2. The molecule has 4 aromatic heterocycles. The third-order valence-corrected chi connectivity index (χ3v) is 8.86. The summed E-state index contributed by atoms with van der Waals surface area (Å²) < 4.78 is 5.90. The van der Waals surface area contributed by atoms with Crippen LogP contribution < -0.4 is 5.19 Å². The maximum Gasteiger partial charge on any atom is 0.216 e. The van der Waals surface area contributed by atoms with Gasteiger partial charge in [0.25, 0.3) is 0 Å². The van der Waals surface area contributed by atoms with E-state index in [9.17, 15) is 0 Å². The fourth-order valence-corrected chi connectivity index (χ4v) is 6.51. The Balaban J connectivity index is 0.000000184.